The summed E-state index contributed by atoms with van der Waals surface area (Å²) in [5.74, 6) is 1.20. The molecule has 0 N–H and O–H groups in total. The fourth-order valence-corrected chi connectivity index (χ4v) is 7.18. The Kier molecular flexibility index (Phi) is 9.79. The zero-order valence-corrected chi connectivity index (χ0v) is 32.3. The zero-order chi connectivity index (χ0) is 40.1. The molecule has 60 heavy (non-hydrogen) atoms. The average molecular weight is 770 g/mol. The normalized spacial score (nSPS) is 11.0. The first-order chi connectivity index (χ1) is 29.7. The van der Waals surface area contributed by atoms with E-state index in [0.717, 1.165) is 73.1 Å². The van der Waals surface area contributed by atoms with Gasteiger partial charge < -0.3 is 0 Å². The van der Waals surface area contributed by atoms with Crippen LogP contribution in [-0.4, -0.2) is 34.9 Å². The highest BCUT2D eigenvalue weighted by atomic mass is 14.9. The van der Waals surface area contributed by atoms with Gasteiger partial charge in [-0.3, -0.25) is 4.98 Å². The van der Waals surface area contributed by atoms with Crippen LogP contribution in [0.4, 0.5) is 0 Å². The molecule has 0 saturated heterocycles. The fourth-order valence-electron chi connectivity index (χ4n) is 7.18. The predicted molar refractivity (Wildman–Crippen MR) is 240 cm³/mol. The monoisotopic (exact) mass is 769 g/mol. The van der Waals surface area contributed by atoms with Crippen LogP contribution in [0.5, 0.6) is 0 Å². The number of aromatic nitrogens is 7. The Morgan fingerprint density at radius 2 is 0.617 bits per heavy atom. The molecule has 7 heteroatoms. The van der Waals surface area contributed by atoms with E-state index in [9.17, 15) is 0 Å². The molecule has 5 aromatic carbocycles. The first kappa shape index (κ1) is 36.1. The molecule has 0 spiro atoms. The van der Waals surface area contributed by atoms with E-state index in [1.54, 1.807) is 6.20 Å². The molecule has 0 radical (unpaired) electrons. The maximum absolute atomic E-state index is 5.17. The minimum Gasteiger partial charge on any atom is -0.255 e. The number of rotatable bonds is 9. The molecule has 0 aliphatic heterocycles. The molecule has 10 rings (SSSR count). The van der Waals surface area contributed by atoms with Crippen molar-refractivity contribution in [1.82, 2.24) is 34.9 Å². The molecule has 0 unspecified atom stereocenters. The Balaban J connectivity index is 1.09. The lowest BCUT2D eigenvalue weighted by molar-refractivity contribution is 1.14. The van der Waals surface area contributed by atoms with Gasteiger partial charge in [0, 0.05) is 34.0 Å². The second kappa shape index (κ2) is 16.3. The van der Waals surface area contributed by atoms with Gasteiger partial charge in [-0.05, 0) is 65.7 Å². The smallest absolute Gasteiger partial charge is 0.179 e. The average Bonchev–Trinajstić information content (AvgIpc) is 3.35. The molecule has 0 atom stereocenters. The summed E-state index contributed by atoms with van der Waals surface area (Å²) in [5, 5.41) is 0. The Hall–Kier alpha value is -8.29. The van der Waals surface area contributed by atoms with Crippen LogP contribution in [0.3, 0.4) is 0 Å². The third-order valence-corrected chi connectivity index (χ3v) is 10.2. The van der Waals surface area contributed by atoms with Gasteiger partial charge in [0.05, 0.1) is 45.6 Å². The third-order valence-electron chi connectivity index (χ3n) is 10.2. The van der Waals surface area contributed by atoms with Gasteiger partial charge in [-0.1, -0.05) is 152 Å². The molecule has 7 nitrogen and oxygen atoms in total. The molecule has 5 heterocycles. The highest BCUT2D eigenvalue weighted by molar-refractivity contribution is 5.80. The van der Waals surface area contributed by atoms with Gasteiger partial charge in [0.25, 0.3) is 0 Å². The minimum absolute atomic E-state index is 0.528. The first-order valence-electron chi connectivity index (χ1n) is 19.7. The fraction of sp³-hybridized carbons (Fsp3) is 0. The van der Waals surface area contributed by atoms with Crippen LogP contribution in [0.25, 0.3) is 102 Å². The molecule has 0 aliphatic carbocycles. The first-order valence-corrected chi connectivity index (χ1v) is 19.7. The van der Waals surface area contributed by atoms with Crippen molar-refractivity contribution in [2.24, 2.45) is 0 Å². The molecule has 0 aliphatic rings. The van der Waals surface area contributed by atoms with Gasteiger partial charge in [0.1, 0.15) is 5.69 Å². The van der Waals surface area contributed by atoms with Crippen molar-refractivity contribution in [2.75, 3.05) is 0 Å². The number of nitrogens with zero attached hydrogens (tertiary/aromatic N) is 7. The van der Waals surface area contributed by atoms with Crippen LogP contribution in [0.15, 0.2) is 212 Å². The van der Waals surface area contributed by atoms with E-state index in [2.05, 4.69) is 83.8 Å². The van der Waals surface area contributed by atoms with Crippen LogP contribution >= 0.6 is 0 Å². The number of hydrogen-bond donors (Lipinski definition) is 0. The van der Waals surface area contributed by atoms with Gasteiger partial charge in [-0.25, -0.2) is 29.9 Å². The van der Waals surface area contributed by atoms with Gasteiger partial charge in [0.15, 0.2) is 11.6 Å². The molecule has 0 fully saturated rings. The van der Waals surface area contributed by atoms with Crippen molar-refractivity contribution in [2.45, 2.75) is 0 Å². The quantitative estimate of drug-likeness (QED) is 0.144. The van der Waals surface area contributed by atoms with E-state index in [4.69, 9.17) is 29.9 Å². The lowest BCUT2D eigenvalue weighted by Gasteiger charge is -2.13. The third kappa shape index (κ3) is 7.71. The molecular weight excluding hydrogens is 735 g/mol. The van der Waals surface area contributed by atoms with Crippen LogP contribution in [-0.2, 0) is 0 Å². The van der Waals surface area contributed by atoms with Crippen molar-refractivity contribution < 1.29 is 0 Å². The zero-order valence-electron chi connectivity index (χ0n) is 32.3. The topological polar surface area (TPSA) is 90.2 Å². The van der Waals surface area contributed by atoms with E-state index < -0.39 is 0 Å². The van der Waals surface area contributed by atoms with Gasteiger partial charge in [-0.15, -0.1) is 0 Å². The Morgan fingerprint density at radius 1 is 0.200 bits per heavy atom. The van der Waals surface area contributed by atoms with Gasteiger partial charge >= 0.3 is 0 Å². The summed E-state index contributed by atoms with van der Waals surface area (Å²) in [6.07, 6.45) is 1.79. The molecule has 0 amide bonds. The standard InChI is InChI=1S/C53H35N7/c1-5-17-36(18-6-1)46-35-49(58-52(57-46)39-23-11-4-12-24-39)41-26-15-25-40(31-41)42-32-50(43-27-13-14-30-54-43)56-51(33-42)44-28-16-29-45(55-44)53-59-47(37-19-7-2-8-20-37)34-48(60-53)38-21-9-3-10-22-38/h1-35H. The van der Waals surface area contributed by atoms with Crippen LogP contribution in [0, 0.1) is 0 Å². The lowest BCUT2D eigenvalue weighted by atomic mass is 9.99. The molecule has 5 aromatic heterocycles. The van der Waals surface area contributed by atoms with Crippen molar-refractivity contribution in [3.05, 3.63) is 212 Å². The summed E-state index contributed by atoms with van der Waals surface area (Å²) < 4.78 is 0. The predicted octanol–water partition coefficient (Wildman–Crippen LogP) is 12.5. The van der Waals surface area contributed by atoms with Crippen LogP contribution in [0.1, 0.15) is 0 Å². The van der Waals surface area contributed by atoms with E-state index in [1.807, 2.05) is 127 Å². The van der Waals surface area contributed by atoms with Crippen molar-refractivity contribution in [3.63, 3.8) is 0 Å². The summed E-state index contributed by atoms with van der Waals surface area (Å²) in [6.45, 7) is 0. The summed E-state index contributed by atoms with van der Waals surface area (Å²) in [6, 6.07) is 69.1. The van der Waals surface area contributed by atoms with Crippen LogP contribution in [0.2, 0.25) is 0 Å². The summed E-state index contributed by atoms with van der Waals surface area (Å²) >= 11 is 0. The molecular formula is C53H35N7. The maximum atomic E-state index is 5.17. The summed E-state index contributed by atoms with van der Waals surface area (Å²) in [7, 11) is 0. The highest BCUT2D eigenvalue weighted by Crippen LogP contribution is 2.34. The SMILES string of the molecule is c1ccc(-c2cc(-c3cccc(-c4cc(-c5ccccn5)nc(-c5cccc(-c6nc(-c7ccccc7)cc(-c7ccccc7)n6)n5)c4)c3)nc(-c3ccccc3)n2)cc1. The molecule has 10 aromatic rings. The number of hydrogen-bond acceptors (Lipinski definition) is 7. The molecule has 0 bridgehead atoms. The second-order valence-electron chi connectivity index (χ2n) is 14.2. The Morgan fingerprint density at radius 3 is 1.18 bits per heavy atom. The van der Waals surface area contributed by atoms with E-state index in [-0.39, 0.29) is 0 Å². The van der Waals surface area contributed by atoms with E-state index in [1.165, 1.54) is 0 Å². The second-order valence-corrected chi connectivity index (χ2v) is 14.2. The summed E-state index contributed by atoms with van der Waals surface area (Å²) in [5.41, 5.74) is 13.7. The maximum Gasteiger partial charge on any atom is 0.179 e. The lowest BCUT2D eigenvalue weighted by Crippen LogP contribution is -1.99. The van der Waals surface area contributed by atoms with Crippen molar-refractivity contribution >= 4 is 0 Å². The largest absolute Gasteiger partial charge is 0.255 e. The Bertz CT molecular complexity index is 2770. The summed E-state index contributed by atoms with van der Waals surface area (Å²) in [4.78, 5) is 35.2. The number of benzene rings is 5. The van der Waals surface area contributed by atoms with Crippen molar-refractivity contribution in [3.8, 4) is 102 Å². The molecule has 282 valence electrons. The van der Waals surface area contributed by atoms with E-state index in [0.29, 0.717) is 28.7 Å². The minimum atomic E-state index is 0.528. The number of pyridine rings is 3. The Labute approximate surface area is 347 Å². The highest BCUT2D eigenvalue weighted by Gasteiger charge is 2.16. The molecule has 0 saturated carbocycles. The van der Waals surface area contributed by atoms with Gasteiger partial charge in [0.2, 0.25) is 0 Å². The van der Waals surface area contributed by atoms with Crippen molar-refractivity contribution in [1.29, 1.82) is 0 Å². The van der Waals surface area contributed by atoms with Crippen LogP contribution < -0.4 is 0 Å². The van der Waals surface area contributed by atoms with Gasteiger partial charge in [-0.2, -0.15) is 0 Å². The van der Waals surface area contributed by atoms with E-state index >= 15 is 0 Å².